The first-order valence-electron chi connectivity index (χ1n) is 14.2. The number of esters is 3. The Morgan fingerprint density at radius 2 is 1.30 bits per heavy atom. The molecule has 1 aliphatic heterocycles. The maximum Gasteiger partial charge on any atom is 0.338 e. The first-order valence-corrected chi connectivity index (χ1v) is 14.2. The standard InChI is InChI=1S/C32H28N6O8/c1-37(2)32-33-28(39)27-35-34-26(38(27)36-32)25-24(46-31(42)21-16-10-5-11-17-21)23(45-30(41)20-14-8-4-9-15-20)22(44-25)18-43-29(40)19-12-6-3-7-13-19/h3-17,22-25H,18H2,1-2H3,(H,33,36,39)/t22-,23-,24-,25-/m1/s1. The molecule has 0 radical (unpaired) electrons. The lowest BCUT2D eigenvalue weighted by molar-refractivity contribution is -0.0455. The van der Waals surface area contributed by atoms with Gasteiger partial charge in [-0.3, -0.25) is 9.78 Å². The number of rotatable bonds is 9. The molecule has 0 spiro atoms. The molecule has 3 aromatic carbocycles. The van der Waals surface area contributed by atoms with Crippen molar-refractivity contribution in [1.29, 1.82) is 0 Å². The van der Waals surface area contributed by atoms with E-state index in [0.717, 1.165) is 0 Å². The molecular weight excluding hydrogens is 596 g/mol. The van der Waals surface area contributed by atoms with Crippen LogP contribution in [-0.4, -0.2) is 81.7 Å². The van der Waals surface area contributed by atoms with Gasteiger partial charge in [0.25, 0.3) is 5.56 Å². The van der Waals surface area contributed by atoms with Crippen molar-refractivity contribution in [3.8, 4) is 0 Å². The van der Waals surface area contributed by atoms with Crippen molar-refractivity contribution in [1.82, 2.24) is 24.8 Å². The molecule has 4 atom stereocenters. The van der Waals surface area contributed by atoms with Crippen LogP contribution in [0.5, 0.6) is 0 Å². The van der Waals surface area contributed by atoms with Crippen LogP contribution < -0.4 is 10.5 Å². The fraction of sp³-hybridized carbons (Fsp3) is 0.219. The maximum absolute atomic E-state index is 13.4. The molecule has 14 heteroatoms. The Morgan fingerprint density at radius 1 is 0.783 bits per heavy atom. The van der Waals surface area contributed by atoms with E-state index < -0.39 is 47.9 Å². The summed E-state index contributed by atoms with van der Waals surface area (Å²) in [5, 5.41) is 12.6. The third-order valence-corrected chi connectivity index (χ3v) is 7.17. The molecule has 5 aromatic rings. The van der Waals surface area contributed by atoms with Gasteiger partial charge in [0.2, 0.25) is 11.6 Å². The van der Waals surface area contributed by atoms with Crippen LogP contribution in [0.3, 0.4) is 0 Å². The zero-order valence-corrected chi connectivity index (χ0v) is 24.7. The van der Waals surface area contributed by atoms with E-state index in [9.17, 15) is 19.2 Å². The second-order valence-electron chi connectivity index (χ2n) is 10.5. The number of hydrogen-bond acceptors (Lipinski definition) is 12. The fourth-order valence-corrected chi connectivity index (χ4v) is 4.88. The van der Waals surface area contributed by atoms with Gasteiger partial charge in [0, 0.05) is 14.1 Å². The van der Waals surface area contributed by atoms with Crippen molar-refractivity contribution in [3.05, 3.63) is 124 Å². The monoisotopic (exact) mass is 624 g/mol. The second-order valence-corrected chi connectivity index (χ2v) is 10.5. The molecule has 0 bridgehead atoms. The van der Waals surface area contributed by atoms with Crippen LogP contribution in [0.1, 0.15) is 43.0 Å². The van der Waals surface area contributed by atoms with Gasteiger partial charge in [-0.2, -0.15) is 4.52 Å². The van der Waals surface area contributed by atoms with Crippen LogP contribution in [0, 0.1) is 0 Å². The molecule has 1 fully saturated rings. The van der Waals surface area contributed by atoms with E-state index in [0.29, 0.717) is 5.56 Å². The molecule has 1 saturated heterocycles. The van der Waals surface area contributed by atoms with Crippen LogP contribution in [-0.2, 0) is 18.9 Å². The highest BCUT2D eigenvalue weighted by atomic mass is 16.7. The normalized spacial score (nSPS) is 19.0. The Morgan fingerprint density at radius 3 is 1.85 bits per heavy atom. The number of benzene rings is 3. The molecule has 14 nitrogen and oxygen atoms in total. The van der Waals surface area contributed by atoms with Gasteiger partial charge in [0.15, 0.2) is 24.1 Å². The van der Waals surface area contributed by atoms with Crippen LogP contribution >= 0.6 is 0 Å². The third kappa shape index (κ3) is 6.19. The number of carbonyl (C=O) groups is 3. The van der Waals surface area contributed by atoms with Crippen molar-refractivity contribution in [2.45, 2.75) is 24.4 Å². The first kappa shape index (κ1) is 30.1. The lowest BCUT2D eigenvalue weighted by atomic mass is 10.1. The largest absolute Gasteiger partial charge is 0.459 e. The van der Waals surface area contributed by atoms with E-state index in [1.807, 2.05) is 0 Å². The van der Waals surface area contributed by atoms with Crippen molar-refractivity contribution in [3.63, 3.8) is 0 Å². The molecule has 3 heterocycles. The molecule has 1 N–H and O–H groups in total. The molecular formula is C32H28N6O8. The summed E-state index contributed by atoms with van der Waals surface area (Å²) >= 11 is 0. The minimum Gasteiger partial charge on any atom is -0.459 e. The van der Waals surface area contributed by atoms with Crippen LogP contribution in [0.2, 0.25) is 0 Å². The molecule has 1 aliphatic rings. The van der Waals surface area contributed by atoms with Gasteiger partial charge < -0.3 is 23.8 Å². The van der Waals surface area contributed by atoms with Gasteiger partial charge in [0.1, 0.15) is 12.7 Å². The minimum atomic E-state index is -1.34. The minimum absolute atomic E-state index is 0.00675. The highest BCUT2D eigenvalue weighted by molar-refractivity contribution is 5.91. The lowest BCUT2D eigenvalue weighted by Crippen LogP contribution is -2.41. The zero-order chi connectivity index (χ0) is 32.2. The number of fused-ring (bicyclic) bond motifs is 1. The maximum atomic E-state index is 13.4. The number of nitrogens with zero attached hydrogens (tertiary/aromatic N) is 5. The molecule has 0 saturated carbocycles. The number of hydrogen-bond donors (Lipinski definition) is 1. The summed E-state index contributed by atoms with van der Waals surface area (Å²) < 4.78 is 25.0. The van der Waals surface area contributed by atoms with Gasteiger partial charge in [-0.1, -0.05) is 54.6 Å². The number of nitrogens with one attached hydrogen (secondary N) is 1. The average Bonchev–Trinajstić information content (AvgIpc) is 3.66. The molecule has 2 aromatic heterocycles. The molecule has 0 unspecified atom stereocenters. The van der Waals surface area contributed by atoms with Gasteiger partial charge in [-0.15, -0.1) is 15.3 Å². The fourth-order valence-electron chi connectivity index (χ4n) is 4.88. The first-order chi connectivity index (χ1) is 22.3. The van der Waals surface area contributed by atoms with E-state index in [2.05, 4.69) is 20.3 Å². The smallest absolute Gasteiger partial charge is 0.338 e. The molecule has 0 amide bonds. The molecule has 0 aliphatic carbocycles. The topological polar surface area (TPSA) is 167 Å². The van der Waals surface area contributed by atoms with Gasteiger partial charge in [-0.25, -0.2) is 14.4 Å². The summed E-state index contributed by atoms with van der Waals surface area (Å²) in [5.41, 5.74) is 0.0348. The van der Waals surface area contributed by atoms with Crippen LogP contribution in [0.15, 0.2) is 95.8 Å². The number of anilines is 1. The Balaban J connectivity index is 1.41. The summed E-state index contributed by atoms with van der Waals surface area (Å²) in [5.74, 6) is -1.93. The summed E-state index contributed by atoms with van der Waals surface area (Å²) in [4.78, 5) is 56.6. The number of aromatic nitrogens is 5. The molecule has 46 heavy (non-hydrogen) atoms. The molecule has 6 rings (SSSR count). The highest BCUT2D eigenvalue weighted by Gasteiger charge is 2.53. The van der Waals surface area contributed by atoms with Crippen LogP contribution in [0.25, 0.3) is 5.65 Å². The van der Waals surface area contributed by atoms with Gasteiger partial charge >= 0.3 is 17.9 Å². The van der Waals surface area contributed by atoms with E-state index in [-0.39, 0.29) is 35.2 Å². The van der Waals surface area contributed by atoms with Gasteiger partial charge in [-0.05, 0) is 36.4 Å². The SMILES string of the molecule is CN(C)c1nn2c([C@@H]3O[C@H](COC(=O)c4ccccc4)[C@@H](OC(=O)c4ccccc4)[C@H]3OC(=O)c3ccccc3)nnc2c(=O)[nH]1. The number of H-pyrrole nitrogens is 1. The highest BCUT2D eigenvalue weighted by Crippen LogP contribution is 2.38. The summed E-state index contributed by atoms with van der Waals surface area (Å²) in [7, 11) is 3.36. The van der Waals surface area contributed by atoms with E-state index in [4.69, 9.17) is 18.9 Å². The Hall–Kier alpha value is -5.89. The van der Waals surface area contributed by atoms with Crippen molar-refractivity contribution < 1.29 is 33.3 Å². The molecule has 234 valence electrons. The summed E-state index contributed by atoms with van der Waals surface area (Å²) in [6.45, 7) is -0.385. The summed E-state index contributed by atoms with van der Waals surface area (Å²) in [6, 6.07) is 24.7. The zero-order valence-electron chi connectivity index (χ0n) is 24.7. The lowest BCUT2D eigenvalue weighted by Gasteiger charge is -2.24. The quantitative estimate of drug-likeness (QED) is 0.188. The van der Waals surface area contributed by atoms with Crippen LogP contribution in [0.4, 0.5) is 5.95 Å². The number of carbonyl (C=O) groups excluding carboxylic acids is 3. The Kier molecular flexibility index (Phi) is 8.52. The second kappa shape index (κ2) is 13.0. The van der Waals surface area contributed by atoms with E-state index in [1.165, 1.54) is 4.52 Å². The predicted molar refractivity (Wildman–Crippen MR) is 161 cm³/mol. The van der Waals surface area contributed by atoms with Crippen molar-refractivity contribution in [2.24, 2.45) is 0 Å². The van der Waals surface area contributed by atoms with Crippen molar-refractivity contribution >= 4 is 29.5 Å². The predicted octanol–water partition coefficient (Wildman–Crippen LogP) is 2.63. The van der Waals surface area contributed by atoms with E-state index in [1.54, 1.807) is 110 Å². The number of aromatic amines is 1. The average molecular weight is 625 g/mol. The van der Waals surface area contributed by atoms with E-state index >= 15 is 0 Å². The Bertz CT molecular complexity index is 1910. The Labute approximate surface area is 261 Å². The number of ether oxygens (including phenoxy) is 4. The summed E-state index contributed by atoms with van der Waals surface area (Å²) in [6.07, 6.45) is -5.03. The third-order valence-electron chi connectivity index (χ3n) is 7.17. The van der Waals surface area contributed by atoms with Gasteiger partial charge in [0.05, 0.1) is 16.7 Å². The van der Waals surface area contributed by atoms with Crippen molar-refractivity contribution in [2.75, 3.05) is 25.6 Å².